The molecule has 0 fully saturated rings. The summed E-state index contributed by atoms with van der Waals surface area (Å²) in [7, 11) is 0. The highest BCUT2D eigenvalue weighted by Crippen LogP contribution is 2.33. The third-order valence-corrected chi connectivity index (χ3v) is 4.51. The molecule has 120 valence electrons. The third kappa shape index (κ3) is 2.90. The van der Waals surface area contributed by atoms with Crippen LogP contribution in [0.2, 0.25) is 0 Å². The second kappa shape index (κ2) is 6.09. The minimum absolute atomic E-state index is 0.264. The summed E-state index contributed by atoms with van der Waals surface area (Å²) >= 11 is 4.87. The van der Waals surface area contributed by atoms with E-state index in [0.29, 0.717) is 6.04 Å². The monoisotopic (exact) mass is 334 g/mol. The molecule has 4 N–H and O–H groups in total. The Morgan fingerprint density at radius 1 is 1.12 bits per heavy atom. The van der Waals surface area contributed by atoms with E-state index in [4.69, 9.17) is 22.9 Å². The molecule has 1 heterocycles. The lowest BCUT2D eigenvalue weighted by atomic mass is 10.1. The van der Waals surface area contributed by atoms with Crippen molar-refractivity contribution in [3.8, 4) is 0 Å². The van der Waals surface area contributed by atoms with Crippen molar-refractivity contribution in [1.82, 2.24) is 4.98 Å². The number of nitrogens with one attached hydrogen (secondary N) is 2. The maximum atomic E-state index is 5.52. The van der Waals surface area contributed by atoms with Gasteiger partial charge in [0.15, 0.2) is 5.11 Å². The lowest BCUT2D eigenvalue weighted by Gasteiger charge is -2.15. The van der Waals surface area contributed by atoms with Gasteiger partial charge in [-0.1, -0.05) is 24.3 Å². The van der Waals surface area contributed by atoms with Crippen LogP contribution in [0, 0.1) is 0 Å². The van der Waals surface area contributed by atoms with Crippen LogP contribution in [0.1, 0.15) is 23.6 Å². The Labute approximate surface area is 146 Å². The molecule has 3 aromatic rings. The second-order valence-electron chi connectivity index (χ2n) is 6.03. The molecule has 0 amide bonds. The molecule has 0 bridgehead atoms. The average Bonchev–Trinajstić information content (AvgIpc) is 2.98. The summed E-state index contributed by atoms with van der Waals surface area (Å²) < 4.78 is 0. The van der Waals surface area contributed by atoms with Crippen molar-refractivity contribution < 1.29 is 0 Å². The van der Waals surface area contributed by atoms with Crippen molar-refractivity contribution in [3.05, 3.63) is 65.7 Å². The standard InChI is InChI=1S/C19H18N4S/c20-19(24)21-14-7-9-16-13(11-14)6-10-18(22-16)23-17-8-5-12-3-1-2-4-15(12)17/h1-4,6-7,9-11,17H,5,8H2,(H,22,23)(H3,20,21,24)/t17-/m1/s1. The number of aryl methyl sites for hydroxylation is 1. The fourth-order valence-corrected chi connectivity index (χ4v) is 3.43. The Hall–Kier alpha value is -2.66. The number of aromatic nitrogens is 1. The molecule has 0 spiro atoms. The van der Waals surface area contributed by atoms with E-state index >= 15 is 0 Å². The van der Waals surface area contributed by atoms with E-state index in [-0.39, 0.29) is 5.11 Å². The van der Waals surface area contributed by atoms with Gasteiger partial charge in [0.1, 0.15) is 5.82 Å². The van der Waals surface area contributed by atoms with Crippen molar-refractivity contribution in [2.45, 2.75) is 18.9 Å². The van der Waals surface area contributed by atoms with E-state index in [1.54, 1.807) is 0 Å². The number of thiocarbonyl (C=S) groups is 1. The Morgan fingerprint density at radius 2 is 2.00 bits per heavy atom. The fourth-order valence-electron chi connectivity index (χ4n) is 3.31. The van der Waals surface area contributed by atoms with Gasteiger partial charge in [-0.05, 0) is 66.5 Å². The third-order valence-electron chi connectivity index (χ3n) is 4.41. The quantitative estimate of drug-likeness (QED) is 0.632. The summed E-state index contributed by atoms with van der Waals surface area (Å²) in [5.41, 5.74) is 10.2. The largest absolute Gasteiger partial charge is 0.376 e. The molecular weight excluding hydrogens is 316 g/mol. The summed E-state index contributed by atoms with van der Waals surface area (Å²) in [6.45, 7) is 0. The topological polar surface area (TPSA) is 63.0 Å². The zero-order valence-corrected chi connectivity index (χ0v) is 13.9. The molecule has 0 unspecified atom stereocenters. The maximum absolute atomic E-state index is 5.52. The van der Waals surface area contributed by atoms with Gasteiger partial charge in [-0.25, -0.2) is 4.98 Å². The number of nitrogens with two attached hydrogens (primary N) is 1. The number of benzene rings is 2. The Kier molecular flexibility index (Phi) is 3.78. The molecule has 0 aliphatic heterocycles. The van der Waals surface area contributed by atoms with Crippen LogP contribution in [0.3, 0.4) is 0 Å². The van der Waals surface area contributed by atoms with Gasteiger partial charge >= 0.3 is 0 Å². The van der Waals surface area contributed by atoms with E-state index < -0.39 is 0 Å². The van der Waals surface area contributed by atoms with Gasteiger partial charge in [0.05, 0.1) is 11.6 Å². The highest BCUT2D eigenvalue weighted by atomic mass is 32.1. The van der Waals surface area contributed by atoms with Crippen molar-refractivity contribution in [2.24, 2.45) is 5.73 Å². The Bertz CT molecular complexity index is 922. The number of hydrogen-bond acceptors (Lipinski definition) is 3. The van der Waals surface area contributed by atoms with Gasteiger partial charge in [-0.2, -0.15) is 0 Å². The minimum Gasteiger partial charge on any atom is -0.376 e. The number of rotatable bonds is 3. The number of pyridine rings is 1. The van der Waals surface area contributed by atoms with Gasteiger partial charge in [-0.3, -0.25) is 0 Å². The van der Waals surface area contributed by atoms with Crippen LogP contribution >= 0.6 is 12.2 Å². The number of hydrogen-bond donors (Lipinski definition) is 3. The summed E-state index contributed by atoms with van der Waals surface area (Å²) in [5, 5.41) is 7.83. The average molecular weight is 334 g/mol. The van der Waals surface area contributed by atoms with Crippen molar-refractivity contribution >= 4 is 39.7 Å². The first kappa shape index (κ1) is 14.9. The first-order valence-corrected chi connectivity index (χ1v) is 8.41. The van der Waals surface area contributed by atoms with Crippen LogP contribution in [0.4, 0.5) is 11.5 Å². The van der Waals surface area contributed by atoms with E-state index in [1.165, 1.54) is 11.1 Å². The van der Waals surface area contributed by atoms with Gasteiger partial charge in [0, 0.05) is 11.1 Å². The second-order valence-corrected chi connectivity index (χ2v) is 6.47. The smallest absolute Gasteiger partial charge is 0.168 e. The molecule has 1 atom stereocenters. The Morgan fingerprint density at radius 3 is 2.88 bits per heavy atom. The van der Waals surface area contributed by atoms with Crippen LogP contribution in [0.25, 0.3) is 10.9 Å². The summed E-state index contributed by atoms with van der Waals surface area (Å²) in [6.07, 6.45) is 2.23. The van der Waals surface area contributed by atoms with Crippen LogP contribution in [0.5, 0.6) is 0 Å². The molecule has 24 heavy (non-hydrogen) atoms. The first-order chi connectivity index (χ1) is 11.7. The molecule has 4 nitrogen and oxygen atoms in total. The minimum atomic E-state index is 0.264. The van der Waals surface area contributed by atoms with Gasteiger partial charge < -0.3 is 16.4 Å². The number of anilines is 2. The zero-order chi connectivity index (χ0) is 16.5. The number of nitrogens with zero attached hydrogens (tertiary/aromatic N) is 1. The Balaban J connectivity index is 1.58. The summed E-state index contributed by atoms with van der Waals surface area (Å²) in [4.78, 5) is 4.73. The molecule has 0 saturated carbocycles. The molecular formula is C19H18N4S. The van der Waals surface area contributed by atoms with Crippen LogP contribution in [-0.4, -0.2) is 10.1 Å². The van der Waals surface area contributed by atoms with Crippen LogP contribution in [0.15, 0.2) is 54.6 Å². The highest BCUT2D eigenvalue weighted by molar-refractivity contribution is 7.80. The predicted molar refractivity (Wildman–Crippen MR) is 103 cm³/mol. The highest BCUT2D eigenvalue weighted by Gasteiger charge is 2.21. The van der Waals surface area contributed by atoms with E-state index in [2.05, 4.69) is 41.0 Å². The van der Waals surface area contributed by atoms with Crippen LogP contribution in [-0.2, 0) is 6.42 Å². The van der Waals surface area contributed by atoms with Gasteiger partial charge in [-0.15, -0.1) is 0 Å². The maximum Gasteiger partial charge on any atom is 0.168 e. The lowest BCUT2D eigenvalue weighted by Crippen LogP contribution is -2.18. The molecule has 1 aromatic heterocycles. The zero-order valence-electron chi connectivity index (χ0n) is 13.1. The van der Waals surface area contributed by atoms with Gasteiger partial charge in [0.25, 0.3) is 0 Å². The molecule has 1 aliphatic rings. The van der Waals surface area contributed by atoms with Crippen molar-refractivity contribution in [2.75, 3.05) is 10.6 Å². The lowest BCUT2D eigenvalue weighted by molar-refractivity contribution is 0.758. The summed E-state index contributed by atoms with van der Waals surface area (Å²) in [5.74, 6) is 0.902. The van der Waals surface area contributed by atoms with E-state index in [0.717, 1.165) is 35.2 Å². The fraction of sp³-hybridized carbons (Fsp3) is 0.158. The molecule has 1 aliphatic carbocycles. The van der Waals surface area contributed by atoms with Crippen molar-refractivity contribution in [3.63, 3.8) is 0 Å². The molecule has 0 radical (unpaired) electrons. The normalized spacial score (nSPS) is 15.9. The predicted octanol–water partition coefficient (Wildman–Crippen LogP) is 3.99. The number of fused-ring (bicyclic) bond motifs is 2. The SMILES string of the molecule is NC(=S)Nc1ccc2nc(N[C@@H]3CCc4ccccc43)ccc2c1. The van der Waals surface area contributed by atoms with E-state index in [9.17, 15) is 0 Å². The van der Waals surface area contributed by atoms with Gasteiger partial charge in [0.2, 0.25) is 0 Å². The first-order valence-electron chi connectivity index (χ1n) is 8.01. The molecule has 0 saturated heterocycles. The van der Waals surface area contributed by atoms with Crippen molar-refractivity contribution in [1.29, 1.82) is 0 Å². The molecule has 2 aromatic carbocycles. The van der Waals surface area contributed by atoms with E-state index in [1.807, 2.05) is 24.3 Å². The van der Waals surface area contributed by atoms with Crippen LogP contribution < -0.4 is 16.4 Å². The molecule has 5 heteroatoms. The summed E-state index contributed by atoms with van der Waals surface area (Å²) in [6, 6.07) is 18.9. The molecule has 4 rings (SSSR count).